The van der Waals surface area contributed by atoms with E-state index in [1.807, 2.05) is 17.0 Å². The van der Waals surface area contributed by atoms with Crippen LogP contribution in [0.4, 0.5) is 0 Å². The highest BCUT2D eigenvalue weighted by Gasteiger charge is 2.15. The molecular weight excluding hydrogens is 370 g/mol. The van der Waals surface area contributed by atoms with Crippen LogP contribution in [0.25, 0.3) is 0 Å². The van der Waals surface area contributed by atoms with Gasteiger partial charge in [-0.3, -0.25) is 4.79 Å². The van der Waals surface area contributed by atoms with Crippen LogP contribution in [0.2, 0.25) is 0 Å². The molecule has 4 nitrogen and oxygen atoms in total. The molecule has 150 valence electrons. The molecule has 1 heterocycles. The van der Waals surface area contributed by atoms with E-state index in [9.17, 15) is 13.2 Å². The zero-order valence-corrected chi connectivity index (χ0v) is 17.5. The molecule has 0 atom stereocenters. The summed E-state index contributed by atoms with van der Waals surface area (Å²) in [6.45, 7) is 0.251. The molecule has 0 unspecified atom stereocenters. The predicted molar refractivity (Wildman–Crippen MR) is 110 cm³/mol. The largest absolute Gasteiger partial charge is 0.287 e. The number of aryl methyl sites for hydroxylation is 1. The maximum atomic E-state index is 12.4. The molecule has 1 aliphatic carbocycles. The predicted octanol–water partition coefficient (Wildman–Crippen LogP) is 4.16. The lowest BCUT2D eigenvalue weighted by Crippen LogP contribution is -2.37. The molecule has 28 heavy (non-hydrogen) atoms. The SMILES string of the molecule is CS(=O)(=O)c1ccc(C(=O)C[n+]2ccc(CCCC3CCCCC3)cc2)cc1. The summed E-state index contributed by atoms with van der Waals surface area (Å²) in [4.78, 5) is 12.7. The van der Waals surface area contributed by atoms with E-state index in [-0.39, 0.29) is 17.2 Å². The zero-order valence-electron chi connectivity index (χ0n) is 16.6. The van der Waals surface area contributed by atoms with Gasteiger partial charge in [-0.1, -0.05) is 38.5 Å². The fourth-order valence-electron chi connectivity index (χ4n) is 3.98. The minimum atomic E-state index is -3.24. The van der Waals surface area contributed by atoms with Crippen LogP contribution in [-0.4, -0.2) is 20.5 Å². The molecular formula is C23H30NO3S+. The fourth-order valence-corrected chi connectivity index (χ4v) is 4.61. The Morgan fingerprint density at radius 2 is 1.64 bits per heavy atom. The van der Waals surface area contributed by atoms with Gasteiger partial charge in [-0.25, -0.2) is 8.42 Å². The smallest absolute Gasteiger partial charge is 0.227 e. The number of pyridine rings is 1. The molecule has 2 aromatic rings. The highest BCUT2D eigenvalue weighted by atomic mass is 32.2. The molecule has 0 aliphatic heterocycles. The number of ketones is 1. The van der Waals surface area contributed by atoms with Gasteiger partial charge in [0.05, 0.1) is 4.90 Å². The third-order valence-corrected chi connectivity index (χ3v) is 6.82. The second-order valence-corrected chi connectivity index (χ2v) is 10.0. The molecule has 0 N–H and O–H groups in total. The molecule has 1 aromatic carbocycles. The first kappa shape index (κ1) is 20.7. The number of carbonyl (C=O) groups excluding carboxylic acids is 1. The third kappa shape index (κ3) is 5.99. The Morgan fingerprint density at radius 3 is 2.25 bits per heavy atom. The molecule has 1 saturated carbocycles. The van der Waals surface area contributed by atoms with Crippen LogP contribution >= 0.6 is 0 Å². The number of rotatable bonds is 8. The standard InChI is InChI=1S/C23H30NO3S/c1-28(26,27)22-12-10-21(11-13-22)23(25)18-24-16-14-20(15-17-24)9-5-8-19-6-3-2-4-7-19/h10-17,19H,2-9,18H2,1H3/q+1. The van der Waals surface area contributed by atoms with E-state index in [1.54, 1.807) is 12.1 Å². The lowest BCUT2D eigenvalue weighted by molar-refractivity contribution is -0.683. The van der Waals surface area contributed by atoms with Crippen molar-refractivity contribution in [2.24, 2.45) is 5.92 Å². The van der Waals surface area contributed by atoms with E-state index in [2.05, 4.69) is 12.1 Å². The number of hydrogen-bond donors (Lipinski definition) is 0. The Morgan fingerprint density at radius 1 is 1.00 bits per heavy atom. The van der Waals surface area contributed by atoms with E-state index < -0.39 is 9.84 Å². The Balaban J connectivity index is 1.50. The Labute approximate surface area is 168 Å². The molecule has 1 fully saturated rings. The Bertz CT molecular complexity index is 880. The molecule has 0 bridgehead atoms. The van der Waals surface area contributed by atoms with E-state index >= 15 is 0 Å². The molecule has 0 spiro atoms. The van der Waals surface area contributed by atoms with E-state index in [1.165, 1.54) is 62.6 Å². The summed E-state index contributed by atoms with van der Waals surface area (Å²) >= 11 is 0. The quantitative estimate of drug-likeness (QED) is 0.494. The van der Waals surface area contributed by atoms with Crippen LogP contribution in [0.3, 0.4) is 0 Å². The molecule has 1 aliphatic rings. The average Bonchev–Trinajstić information content (AvgIpc) is 2.69. The second kappa shape index (κ2) is 9.46. The van der Waals surface area contributed by atoms with Crippen molar-refractivity contribution < 1.29 is 17.8 Å². The highest BCUT2D eigenvalue weighted by molar-refractivity contribution is 7.90. The van der Waals surface area contributed by atoms with Gasteiger partial charge in [-0.2, -0.15) is 4.57 Å². The lowest BCUT2D eigenvalue weighted by atomic mass is 9.85. The number of sulfone groups is 1. The van der Waals surface area contributed by atoms with Crippen molar-refractivity contribution in [3.63, 3.8) is 0 Å². The molecule has 0 radical (unpaired) electrons. The summed E-state index contributed by atoms with van der Waals surface area (Å²) in [5, 5.41) is 0. The highest BCUT2D eigenvalue weighted by Crippen LogP contribution is 2.27. The number of Topliss-reactive ketones (excluding diaryl/α,β-unsaturated/α-hetero) is 1. The van der Waals surface area contributed by atoms with Crippen molar-refractivity contribution in [3.8, 4) is 0 Å². The van der Waals surface area contributed by atoms with Gasteiger partial charge in [-0.15, -0.1) is 0 Å². The van der Waals surface area contributed by atoms with Crippen molar-refractivity contribution in [3.05, 3.63) is 59.9 Å². The molecule has 3 rings (SSSR count). The van der Waals surface area contributed by atoms with Gasteiger partial charge in [0.25, 0.3) is 0 Å². The van der Waals surface area contributed by atoms with Crippen LogP contribution < -0.4 is 4.57 Å². The normalized spacial score (nSPS) is 15.5. The monoisotopic (exact) mass is 400 g/mol. The van der Waals surface area contributed by atoms with Gasteiger partial charge in [0, 0.05) is 24.0 Å². The van der Waals surface area contributed by atoms with Crippen LogP contribution in [-0.2, 0) is 22.8 Å². The van der Waals surface area contributed by atoms with Crippen molar-refractivity contribution in [2.45, 2.75) is 62.8 Å². The zero-order chi connectivity index (χ0) is 20.0. The fraction of sp³-hybridized carbons (Fsp3) is 0.478. The van der Waals surface area contributed by atoms with Gasteiger partial charge >= 0.3 is 0 Å². The van der Waals surface area contributed by atoms with Gasteiger partial charge in [0.15, 0.2) is 22.2 Å². The second-order valence-electron chi connectivity index (χ2n) is 7.99. The summed E-state index contributed by atoms with van der Waals surface area (Å²) < 4.78 is 24.9. The third-order valence-electron chi connectivity index (χ3n) is 5.69. The van der Waals surface area contributed by atoms with Crippen molar-refractivity contribution >= 4 is 15.6 Å². The van der Waals surface area contributed by atoms with Crippen LogP contribution in [0, 0.1) is 5.92 Å². The van der Waals surface area contributed by atoms with Crippen LogP contribution in [0.15, 0.2) is 53.7 Å². The van der Waals surface area contributed by atoms with Crippen molar-refractivity contribution in [1.29, 1.82) is 0 Å². The van der Waals surface area contributed by atoms with E-state index in [0.717, 1.165) is 18.6 Å². The molecule has 0 saturated heterocycles. The first-order valence-electron chi connectivity index (χ1n) is 10.2. The minimum Gasteiger partial charge on any atom is -0.287 e. The van der Waals surface area contributed by atoms with Gasteiger partial charge in [-0.05, 0) is 48.6 Å². The number of carbonyl (C=O) groups is 1. The van der Waals surface area contributed by atoms with Crippen LogP contribution in [0.5, 0.6) is 0 Å². The Hall–Kier alpha value is -2.01. The van der Waals surface area contributed by atoms with Gasteiger partial charge < -0.3 is 0 Å². The van der Waals surface area contributed by atoms with E-state index in [0.29, 0.717) is 5.56 Å². The summed E-state index contributed by atoms with van der Waals surface area (Å²) in [6.07, 6.45) is 15.8. The number of nitrogens with zero attached hydrogens (tertiary/aromatic N) is 1. The number of aromatic nitrogens is 1. The molecule has 0 amide bonds. The first-order valence-corrected chi connectivity index (χ1v) is 12.1. The van der Waals surface area contributed by atoms with E-state index in [4.69, 9.17) is 0 Å². The summed E-state index contributed by atoms with van der Waals surface area (Å²) in [5.74, 6) is 0.893. The van der Waals surface area contributed by atoms with Gasteiger partial charge in [0.2, 0.25) is 12.3 Å². The summed E-state index contributed by atoms with van der Waals surface area (Å²) in [5.41, 5.74) is 1.84. The lowest BCUT2D eigenvalue weighted by Gasteiger charge is -2.21. The average molecular weight is 401 g/mol. The summed E-state index contributed by atoms with van der Waals surface area (Å²) in [6, 6.07) is 10.3. The molecule has 5 heteroatoms. The van der Waals surface area contributed by atoms with Crippen molar-refractivity contribution in [1.82, 2.24) is 0 Å². The van der Waals surface area contributed by atoms with Crippen molar-refractivity contribution in [2.75, 3.05) is 6.26 Å². The van der Waals surface area contributed by atoms with Gasteiger partial charge in [0.1, 0.15) is 0 Å². The number of hydrogen-bond acceptors (Lipinski definition) is 3. The topological polar surface area (TPSA) is 55.1 Å². The first-order chi connectivity index (χ1) is 13.4. The maximum Gasteiger partial charge on any atom is 0.227 e. The van der Waals surface area contributed by atoms with Crippen LogP contribution in [0.1, 0.15) is 60.9 Å². The molecule has 1 aromatic heterocycles. The Kier molecular flexibility index (Phi) is 7.00. The summed E-state index contributed by atoms with van der Waals surface area (Å²) in [7, 11) is -3.24. The number of benzene rings is 1. The maximum absolute atomic E-state index is 12.4. The minimum absolute atomic E-state index is 0.0323.